The molecule has 164 valence electrons. The van der Waals surface area contributed by atoms with E-state index in [1.54, 1.807) is 0 Å². The van der Waals surface area contributed by atoms with Crippen molar-refractivity contribution >= 4 is 6.29 Å². The summed E-state index contributed by atoms with van der Waals surface area (Å²) in [4.78, 5) is 17.5. The molecule has 1 N–H and O–H groups in total. The predicted molar refractivity (Wildman–Crippen MR) is 120 cm³/mol. The lowest BCUT2D eigenvalue weighted by atomic mass is 9.55. The molecule has 0 aromatic rings. The molecule has 0 amide bonds. The van der Waals surface area contributed by atoms with E-state index in [0.29, 0.717) is 18.4 Å². The van der Waals surface area contributed by atoms with Crippen molar-refractivity contribution in [2.75, 3.05) is 26.2 Å². The van der Waals surface area contributed by atoms with Crippen molar-refractivity contribution in [1.82, 2.24) is 9.80 Å². The van der Waals surface area contributed by atoms with Gasteiger partial charge in [0.1, 0.15) is 6.29 Å². The molecule has 3 bridgehead atoms. The van der Waals surface area contributed by atoms with Gasteiger partial charge >= 0.3 is 0 Å². The van der Waals surface area contributed by atoms with Crippen LogP contribution in [0.2, 0.25) is 0 Å². The number of aldehydes is 1. The average Bonchev–Trinajstić information content (AvgIpc) is 3.01. The van der Waals surface area contributed by atoms with Gasteiger partial charge in [-0.05, 0) is 101 Å². The number of carbonyl (C=O) groups is 1. The number of nitrogens with zero attached hydrogens (tertiary/aromatic N) is 2. The standard InChI is InChI=1S/C26H38N2O2/c29-19-21-17-26(30)13-8-4-1-2-5-9-14-27-16-12-23(21)25(20-27)18-22-11-7-3-6-10-15-28(22)24(25)26/h1,4,7,11,17,19,22-24,30H,2-3,5-6,8-10,12-16,18,20H2/b4-1-,11-7?/t22-,23-,24+,25-,26+/m0/s1. The zero-order chi connectivity index (χ0) is 20.6. The van der Waals surface area contributed by atoms with Gasteiger partial charge in [-0.15, -0.1) is 0 Å². The average molecular weight is 411 g/mol. The van der Waals surface area contributed by atoms with Gasteiger partial charge in [-0.1, -0.05) is 24.3 Å². The van der Waals surface area contributed by atoms with Crippen LogP contribution in [-0.2, 0) is 4.79 Å². The van der Waals surface area contributed by atoms with E-state index in [4.69, 9.17) is 0 Å². The molecule has 0 aromatic heterocycles. The Morgan fingerprint density at radius 3 is 2.67 bits per heavy atom. The van der Waals surface area contributed by atoms with Gasteiger partial charge in [-0.2, -0.15) is 0 Å². The first kappa shape index (κ1) is 20.7. The summed E-state index contributed by atoms with van der Waals surface area (Å²) in [6.45, 7) is 4.33. The molecule has 4 heterocycles. The van der Waals surface area contributed by atoms with Crippen LogP contribution >= 0.6 is 0 Å². The minimum atomic E-state index is -0.921. The molecular weight excluding hydrogens is 372 g/mol. The van der Waals surface area contributed by atoms with Crippen LogP contribution in [0.25, 0.3) is 0 Å². The second-order valence-corrected chi connectivity index (χ2v) is 10.4. The summed E-state index contributed by atoms with van der Waals surface area (Å²) in [5.41, 5.74) is -0.0582. The van der Waals surface area contributed by atoms with E-state index in [0.717, 1.165) is 63.7 Å². The fourth-order valence-corrected chi connectivity index (χ4v) is 7.53. The molecule has 2 saturated heterocycles. The maximum atomic E-state index is 12.2. The lowest BCUT2D eigenvalue weighted by Crippen LogP contribution is -2.66. The van der Waals surface area contributed by atoms with E-state index in [2.05, 4.69) is 34.1 Å². The van der Waals surface area contributed by atoms with Crippen LogP contribution in [0.1, 0.15) is 64.2 Å². The SMILES string of the molecule is O=CC1=C[C@]2(O)CC/C=C\CCCCN3CC[C@@H]1[C@]1(C[C@@H]4C=CCCCCN4[C@H]12)C3. The predicted octanol–water partition coefficient (Wildman–Crippen LogP) is 3.87. The number of rotatable bonds is 1. The molecule has 4 heteroatoms. The fraction of sp³-hybridized carbons (Fsp3) is 0.731. The highest BCUT2D eigenvalue weighted by Crippen LogP contribution is 2.59. The molecule has 0 radical (unpaired) electrons. The second kappa shape index (κ2) is 8.37. The number of allylic oxidation sites excluding steroid dienone is 4. The van der Waals surface area contributed by atoms with Crippen LogP contribution in [-0.4, -0.2) is 65.1 Å². The van der Waals surface area contributed by atoms with E-state index < -0.39 is 5.60 Å². The maximum absolute atomic E-state index is 12.2. The van der Waals surface area contributed by atoms with Crippen molar-refractivity contribution in [2.45, 2.75) is 81.9 Å². The highest BCUT2D eigenvalue weighted by Gasteiger charge is 2.65. The molecule has 1 spiro atoms. The molecule has 1 aliphatic carbocycles. The highest BCUT2D eigenvalue weighted by atomic mass is 16.3. The van der Waals surface area contributed by atoms with Crippen LogP contribution in [0.4, 0.5) is 0 Å². The third-order valence-electron chi connectivity index (χ3n) is 8.63. The number of fused-ring (bicyclic) bond motifs is 2. The lowest BCUT2D eigenvalue weighted by molar-refractivity contribution is -0.114. The summed E-state index contributed by atoms with van der Waals surface area (Å²) in [5.74, 6) is 0.291. The van der Waals surface area contributed by atoms with Crippen molar-refractivity contribution in [3.05, 3.63) is 36.0 Å². The van der Waals surface area contributed by atoms with Crippen molar-refractivity contribution in [3.8, 4) is 0 Å². The van der Waals surface area contributed by atoms with Gasteiger partial charge in [0.2, 0.25) is 0 Å². The van der Waals surface area contributed by atoms with Gasteiger partial charge in [0.25, 0.3) is 0 Å². The first-order valence-electron chi connectivity index (χ1n) is 12.4. The molecule has 5 rings (SSSR count). The molecule has 5 aliphatic rings. The number of hydrogen-bond acceptors (Lipinski definition) is 4. The zero-order valence-electron chi connectivity index (χ0n) is 18.3. The Hall–Kier alpha value is -1.23. The van der Waals surface area contributed by atoms with E-state index in [1.165, 1.54) is 32.1 Å². The molecule has 4 nitrogen and oxygen atoms in total. The molecule has 30 heavy (non-hydrogen) atoms. The number of aliphatic hydroxyl groups is 1. The van der Waals surface area contributed by atoms with Crippen LogP contribution in [0.5, 0.6) is 0 Å². The van der Waals surface area contributed by atoms with Crippen molar-refractivity contribution in [1.29, 1.82) is 0 Å². The van der Waals surface area contributed by atoms with Gasteiger partial charge in [0, 0.05) is 18.0 Å². The van der Waals surface area contributed by atoms with Crippen LogP contribution < -0.4 is 0 Å². The van der Waals surface area contributed by atoms with Crippen molar-refractivity contribution in [2.24, 2.45) is 11.3 Å². The first-order chi connectivity index (χ1) is 14.7. The fourth-order valence-electron chi connectivity index (χ4n) is 7.53. The minimum absolute atomic E-state index is 0.0187. The Morgan fingerprint density at radius 2 is 1.80 bits per heavy atom. The lowest BCUT2D eigenvalue weighted by Gasteiger charge is -2.57. The Kier molecular flexibility index (Phi) is 5.76. The molecule has 6 atom stereocenters. The zero-order valence-corrected chi connectivity index (χ0v) is 18.3. The van der Waals surface area contributed by atoms with Crippen molar-refractivity contribution in [3.63, 3.8) is 0 Å². The van der Waals surface area contributed by atoms with Crippen LogP contribution in [0.15, 0.2) is 36.0 Å². The first-order valence-corrected chi connectivity index (χ1v) is 12.4. The maximum Gasteiger partial charge on any atom is 0.146 e. The summed E-state index contributed by atoms with van der Waals surface area (Å²) in [7, 11) is 0. The molecule has 0 aromatic carbocycles. The van der Waals surface area contributed by atoms with Crippen molar-refractivity contribution < 1.29 is 9.90 Å². The molecule has 2 fully saturated rings. The van der Waals surface area contributed by atoms with E-state index in [-0.39, 0.29) is 11.5 Å². The van der Waals surface area contributed by atoms with E-state index >= 15 is 0 Å². The summed E-state index contributed by atoms with van der Waals surface area (Å²) >= 11 is 0. The Morgan fingerprint density at radius 1 is 1.00 bits per heavy atom. The van der Waals surface area contributed by atoms with E-state index in [1.807, 2.05) is 6.08 Å². The number of carbonyl (C=O) groups excluding carboxylic acids is 1. The number of piperidine rings is 1. The summed E-state index contributed by atoms with van der Waals surface area (Å²) < 4.78 is 0. The normalized spacial score (nSPS) is 45.6. The summed E-state index contributed by atoms with van der Waals surface area (Å²) in [6.07, 6.45) is 23.4. The Balaban J connectivity index is 1.63. The topological polar surface area (TPSA) is 43.8 Å². The molecule has 1 unspecified atom stereocenters. The van der Waals surface area contributed by atoms with Gasteiger partial charge in [0.05, 0.1) is 11.6 Å². The van der Waals surface area contributed by atoms with Gasteiger partial charge in [0.15, 0.2) is 0 Å². The quantitative estimate of drug-likeness (QED) is 0.526. The third-order valence-corrected chi connectivity index (χ3v) is 8.63. The van der Waals surface area contributed by atoms with Gasteiger partial charge in [-0.3, -0.25) is 9.69 Å². The smallest absolute Gasteiger partial charge is 0.146 e. The Labute approximate surface area is 181 Å². The van der Waals surface area contributed by atoms with Crippen LogP contribution in [0, 0.1) is 11.3 Å². The summed E-state index contributed by atoms with van der Waals surface area (Å²) in [6, 6.07) is 0.510. The van der Waals surface area contributed by atoms with Gasteiger partial charge < -0.3 is 10.0 Å². The van der Waals surface area contributed by atoms with E-state index in [9.17, 15) is 9.90 Å². The molecule has 4 aliphatic heterocycles. The van der Waals surface area contributed by atoms with Crippen LogP contribution in [0.3, 0.4) is 0 Å². The summed E-state index contributed by atoms with van der Waals surface area (Å²) in [5, 5.41) is 12.2. The number of hydrogen-bond donors (Lipinski definition) is 1. The molecule has 0 saturated carbocycles. The molecular formula is C26H38N2O2. The monoisotopic (exact) mass is 410 g/mol. The minimum Gasteiger partial charge on any atom is -0.384 e. The second-order valence-electron chi connectivity index (χ2n) is 10.4. The highest BCUT2D eigenvalue weighted by molar-refractivity contribution is 5.76. The third kappa shape index (κ3) is 3.45. The Bertz CT molecular complexity index is 743. The van der Waals surface area contributed by atoms with Gasteiger partial charge in [-0.25, -0.2) is 0 Å². The largest absolute Gasteiger partial charge is 0.384 e.